The molecule has 0 fully saturated rings. The number of benzene rings is 2. The number of thiophene rings is 1. The second-order valence-corrected chi connectivity index (χ2v) is 7.38. The van der Waals surface area contributed by atoms with Crippen molar-refractivity contribution in [3.63, 3.8) is 0 Å². The predicted octanol–water partition coefficient (Wildman–Crippen LogP) is 5.06. The Labute approximate surface area is 156 Å². The average Bonchev–Trinajstić information content (AvgIpc) is 3.14. The van der Waals surface area contributed by atoms with Crippen molar-refractivity contribution in [2.75, 3.05) is 18.5 Å². The monoisotopic (exact) mass is 365 g/mol. The first-order valence-corrected chi connectivity index (χ1v) is 9.30. The van der Waals surface area contributed by atoms with E-state index in [0.717, 1.165) is 33.2 Å². The smallest absolute Gasteiger partial charge is 0.265 e. The van der Waals surface area contributed by atoms with E-state index >= 15 is 0 Å². The topological polar surface area (TPSA) is 47.6 Å². The lowest BCUT2D eigenvalue weighted by molar-refractivity contribution is 0.103. The fourth-order valence-corrected chi connectivity index (χ4v) is 3.85. The van der Waals surface area contributed by atoms with Gasteiger partial charge in [0, 0.05) is 10.6 Å². The highest BCUT2D eigenvalue weighted by molar-refractivity contribution is 7.17. The van der Waals surface area contributed by atoms with Crippen molar-refractivity contribution < 1.29 is 14.3 Å². The SMILES string of the molecule is Cc1ccc(NC(=O)c2ccc(-c3ccc4c(c3)OCCO4)s2)c(C)c1. The number of hydrogen-bond donors (Lipinski definition) is 1. The van der Waals surface area contributed by atoms with Gasteiger partial charge < -0.3 is 14.8 Å². The molecule has 0 saturated carbocycles. The van der Waals surface area contributed by atoms with Gasteiger partial charge >= 0.3 is 0 Å². The van der Waals surface area contributed by atoms with Crippen molar-refractivity contribution >= 4 is 22.9 Å². The quantitative estimate of drug-likeness (QED) is 0.706. The summed E-state index contributed by atoms with van der Waals surface area (Å²) in [5.41, 5.74) is 4.10. The van der Waals surface area contributed by atoms with E-state index in [1.165, 1.54) is 16.9 Å². The molecule has 0 saturated heterocycles. The van der Waals surface area contributed by atoms with Crippen LogP contribution in [0.4, 0.5) is 5.69 Å². The molecule has 5 heteroatoms. The number of amides is 1. The molecular weight excluding hydrogens is 346 g/mol. The Morgan fingerprint density at radius 1 is 0.962 bits per heavy atom. The van der Waals surface area contributed by atoms with E-state index in [-0.39, 0.29) is 5.91 Å². The molecule has 0 atom stereocenters. The summed E-state index contributed by atoms with van der Waals surface area (Å²) in [6.45, 7) is 5.17. The van der Waals surface area contributed by atoms with Gasteiger partial charge in [0.15, 0.2) is 11.5 Å². The van der Waals surface area contributed by atoms with Gasteiger partial charge in [-0.25, -0.2) is 0 Å². The van der Waals surface area contributed by atoms with Gasteiger partial charge in [0.05, 0.1) is 4.88 Å². The molecule has 0 radical (unpaired) electrons. The van der Waals surface area contributed by atoms with Crippen LogP contribution in [0.1, 0.15) is 20.8 Å². The Kier molecular flexibility index (Phi) is 4.39. The highest BCUT2D eigenvalue weighted by Crippen LogP contribution is 2.37. The number of anilines is 1. The van der Waals surface area contributed by atoms with Gasteiger partial charge in [0.2, 0.25) is 0 Å². The lowest BCUT2D eigenvalue weighted by Crippen LogP contribution is -2.15. The summed E-state index contributed by atoms with van der Waals surface area (Å²) < 4.78 is 11.2. The van der Waals surface area contributed by atoms with E-state index in [0.29, 0.717) is 18.1 Å². The molecule has 0 spiro atoms. The summed E-state index contributed by atoms with van der Waals surface area (Å²) in [6, 6.07) is 15.7. The Morgan fingerprint density at radius 2 is 1.77 bits per heavy atom. The zero-order chi connectivity index (χ0) is 18.1. The Bertz CT molecular complexity index is 977. The molecule has 1 aromatic heterocycles. The first-order chi connectivity index (χ1) is 12.6. The summed E-state index contributed by atoms with van der Waals surface area (Å²) in [5, 5.41) is 3.00. The minimum Gasteiger partial charge on any atom is -0.486 e. The van der Waals surface area contributed by atoms with E-state index in [9.17, 15) is 4.79 Å². The lowest BCUT2D eigenvalue weighted by Gasteiger charge is -2.18. The number of hydrogen-bond acceptors (Lipinski definition) is 4. The van der Waals surface area contributed by atoms with Gasteiger partial charge in [-0.2, -0.15) is 0 Å². The van der Waals surface area contributed by atoms with Crippen LogP contribution in [-0.2, 0) is 0 Å². The van der Waals surface area contributed by atoms with Crippen LogP contribution in [0.3, 0.4) is 0 Å². The molecule has 0 aliphatic carbocycles. The van der Waals surface area contributed by atoms with Crippen molar-refractivity contribution in [3.8, 4) is 21.9 Å². The molecule has 1 aliphatic heterocycles. The first-order valence-electron chi connectivity index (χ1n) is 8.48. The van der Waals surface area contributed by atoms with Gasteiger partial charge in [-0.15, -0.1) is 11.3 Å². The fraction of sp³-hybridized carbons (Fsp3) is 0.190. The number of carbonyl (C=O) groups is 1. The van der Waals surface area contributed by atoms with Crippen molar-refractivity contribution in [1.29, 1.82) is 0 Å². The summed E-state index contributed by atoms with van der Waals surface area (Å²) in [7, 11) is 0. The second-order valence-electron chi connectivity index (χ2n) is 6.29. The van der Waals surface area contributed by atoms with E-state index in [4.69, 9.17) is 9.47 Å². The summed E-state index contributed by atoms with van der Waals surface area (Å²) >= 11 is 1.46. The van der Waals surface area contributed by atoms with Crippen LogP contribution < -0.4 is 14.8 Å². The largest absolute Gasteiger partial charge is 0.486 e. The number of rotatable bonds is 3. The Hall–Kier alpha value is -2.79. The van der Waals surface area contributed by atoms with Gasteiger partial charge in [-0.1, -0.05) is 17.7 Å². The van der Waals surface area contributed by atoms with Crippen LogP contribution in [0.15, 0.2) is 48.5 Å². The molecule has 2 heterocycles. The molecule has 4 nitrogen and oxygen atoms in total. The standard InChI is InChI=1S/C21H19NO3S/c1-13-3-5-16(14(2)11-13)22-21(23)20-8-7-19(26-20)15-4-6-17-18(12-15)25-10-9-24-17/h3-8,11-12H,9-10H2,1-2H3,(H,22,23). The van der Waals surface area contributed by atoms with E-state index in [1.807, 2.05) is 56.3 Å². The van der Waals surface area contributed by atoms with Crippen molar-refractivity contribution in [2.45, 2.75) is 13.8 Å². The third-order valence-corrected chi connectivity index (χ3v) is 5.42. The number of fused-ring (bicyclic) bond motifs is 1. The zero-order valence-electron chi connectivity index (χ0n) is 14.7. The molecule has 2 aromatic carbocycles. The fourth-order valence-electron chi connectivity index (χ4n) is 2.95. The highest BCUT2D eigenvalue weighted by atomic mass is 32.1. The van der Waals surface area contributed by atoms with E-state index < -0.39 is 0 Å². The molecule has 1 aliphatic rings. The number of ether oxygens (including phenoxy) is 2. The normalized spacial score (nSPS) is 12.7. The van der Waals surface area contributed by atoms with Crippen molar-refractivity contribution in [3.05, 3.63) is 64.5 Å². The number of aryl methyl sites for hydroxylation is 2. The maximum Gasteiger partial charge on any atom is 0.265 e. The molecule has 0 unspecified atom stereocenters. The lowest BCUT2D eigenvalue weighted by atomic mass is 10.1. The second kappa shape index (κ2) is 6.84. The highest BCUT2D eigenvalue weighted by Gasteiger charge is 2.15. The Morgan fingerprint density at radius 3 is 2.58 bits per heavy atom. The summed E-state index contributed by atoms with van der Waals surface area (Å²) in [4.78, 5) is 14.3. The number of nitrogens with one attached hydrogen (secondary N) is 1. The van der Waals surface area contributed by atoms with Crippen LogP contribution in [0, 0.1) is 13.8 Å². The third-order valence-electron chi connectivity index (χ3n) is 4.29. The number of carbonyl (C=O) groups excluding carboxylic acids is 1. The molecule has 26 heavy (non-hydrogen) atoms. The van der Waals surface area contributed by atoms with Gasteiger partial charge in [0.1, 0.15) is 13.2 Å². The Balaban J connectivity index is 1.55. The average molecular weight is 365 g/mol. The van der Waals surface area contributed by atoms with Crippen LogP contribution in [0.5, 0.6) is 11.5 Å². The molecular formula is C21H19NO3S. The van der Waals surface area contributed by atoms with Crippen molar-refractivity contribution in [1.82, 2.24) is 0 Å². The zero-order valence-corrected chi connectivity index (χ0v) is 15.5. The van der Waals surface area contributed by atoms with Crippen LogP contribution >= 0.6 is 11.3 Å². The molecule has 0 bridgehead atoms. The molecule has 1 amide bonds. The van der Waals surface area contributed by atoms with Gasteiger partial charge in [-0.05, 0) is 61.4 Å². The van der Waals surface area contributed by atoms with Crippen LogP contribution in [0.2, 0.25) is 0 Å². The maximum absolute atomic E-state index is 12.6. The van der Waals surface area contributed by atoms with Crippen LogP contribution in [0.25, 0.3) is 10.4 Å². The first kappa shape index (κ1) is 16.7. The molecule has 4 rings (SSSR count). The van der Waals surface area contributed by atoms with Gasteiger partial charge in [-0.3, -0.25) is 4.79 Å². The van der Waals surface area contributed by atoms with E-state index in [2.05, 4.69) is 11.4 Å². The third kappa shape index (κ3) is 3.30. The summed E-state index contributed by atoms with van der Waals surface area (Å²) in [5.74, 6) is 1.43. The van der Waals surface area contributed by atoms with Gasteiger partial charge in [0.25, 0.3) is 5.91 Å². The predicted molar refractivity (Wildman–Crippen MR) is 105 cm³/mol. The van der Waals surface area contributed by atoms with E-state index in [1.54, 1.807) is 0 Å². The van der Waals surface area contributed by atoms with Crippen molar-refractivity contribution in [2.24, 2.45) is 0 Å². The minimum absolute atomic E-state index is 0.0919. The maximum atomic E-state index is 12.6. The molecule has 1 N–H and O–H groups in total. The molecule has 132 valence electrons. The minimum atomic E-state index is -0.0919. The molecule has 3 aromatic rings. The summed E-state index contributed by atoms with van der Waals surface area (Å²) in [6.07, 6.45) is 0. The van der Waals surface area contributed by atoms with Crippen LogP contribution in [-0.4, -0.2) is 19.1 Å².